The second-order valence-electron chi connectivity index (χ2n) is 7.71. The van der Waals surface area contributed by atoms with Gasteiger partial charge < -0.3 is 20.1 Å². The van der Waals surface area contributed by atoms with Crippen LogP contribution in [0, 0.1) is 6.92 Å². The van der Waals surface area contributed by atoms with Crippen molar-refractivity contribution >= 4 is 27.5 Å². The lowest BCUT2D eigenvalue weighted by Crippen LogP contribution is -1.97. The number of aromatic hydroxyl groups is 1. The zero-order chi connectivity index (χ0) is 21.7. The van der Waals surface area contributed by atoms with Crippen molar-refractivity contribution in [1.29, 1.82) is 0 Å². The largest absolute Gasteiger partial charge is 0.497 e. The van der Waals surface area contributed by atoms with E-state index in [1.807, 2.05) is 73.4 Å². The number of benzene rings is 2. The minimum absolute atomic E-state index is 0.111. The SMILES string of the molecule is COc1ccc(Cn2cc3nc4c(-c5cc(C)nn5C)cccc4c(N)c3c2O)cc1. The van der Waals surface area contributed by atoms with E-state index in [4.69, 9.17) is 15.5 Å². The molecule has 5 aromatic rings. The van der Waals surface area contributed by atoms with E-state index < -0.39 is 0 Å². The molecule has 0 amide bonds. The quantitative estimate of drug-likeness (QED) is 0.460. The number of aromatic nitrogens is 4. The van der Waals surface area contributed by atoms with Gasteiger partial charge >= 0.3 is 0 Å². The Balaban J connectivity index is 1.67. The third kappa shape index (κ3) is 3.06. The molecule has 7 nitrogen and oxygen atoms in total. The van der Waals surface area contributed by atoms with Crippen LogP contribution >= 0.6 is 0 Å². The summed E-state index contributed by atoms with van der Waals surface area (Å²) in [6.07, 6.45) is 1.84. The van der Waals surface area contributed by atoms with Gasteiger partial charge in [0.05, 0.1) is 47.1 Å². The number of hydrogen-bond donors (Lipinski definition) is 2. The molecule has 0 fully saturated rings. The van der Waals surface area contributed by atoms with Crippen LogP contribution in [0.2, 0.25) is 0 Å². The first-order chi connectivity index (χ1) is 15.0. The van der Waals surface area contributed by atoms with Gasteiger partial charge in [-0.15, -0.1) is 0 Å². The lowest BCUT2D eigenvalue weighted by molar-refractivity contribution is 0.414. The Morgan fingerprint density at radius 2 is 1.90 bits per heavy atom. The van der Waals surface area contributed by atoms with Gasteiger partial charge in [-0.2, -0.15) is 5.10 Å². The number of pyridine rings is 1. The first-order valence-corrected chi connectivity index (χ1v) is 10.00. The molecule has 2 aromatic carbocycles. The average Bonchev–Trinajstić information content (AvgIpc) is 3.26. The van der Waals surface area contributed by atoms with Crippen LogP contribution in [0.25, 0.3) is 33.1 Å². The van der Waals surface area contributed by atoms with E-state index in [1.54, 1.807) is 11.7 Å². The predicted octanol–water partition coefficient (Wildman–Crippen LogP) is 4.24. The Morgan fingerprint density at radius 1 is 1.13 bits per heavy atom. The summed E-state index contributed by atoms with van der Waals surface area (Å²) < 4.78 is 8.83. The summed E-state index contributed by atoms with van der Waals surface area (Å²) >= 11 is 0. The van der Waals surface area contributed by atoms with Gasteiger partial charge in [-0.1, -0.05) is 30.3 Å². The van der Waals surface area contributed by atoms with Crippen LogP contribution < -0.4 is 10.5 Å². The van der Waals surface area contributed by atoms with Crippen LogP contribution in [0.3, 0.4) is 0 Å². The van der Waals surface area contributed by atoms with E-state index in [-0.39, 0.29) is 5.88 Å². The van der Waals surface area contributed by atoms with Crippen LogP contribution in [0.5, 0.6) is 11.6 Å². The fraction of sp³-hybridized carbons (Fsp3) is 0.167. The van der Waals surface area contributed by atoms with Gasteiger partial charge in [0.15, 0.2) is 0 Å². The summed E-state index contributed by atoms with van der Waals surface area (Å²) in [5.74, 6) is 0.903. The number of fused-ring (bicyclic) bond motifs is 2. The Bertz CT molecular complexity index is 1430. The highest BCUT2D eigenvalue weighted by atomic mass is 16.5. The number of methoxy groups -OCH3 is 1. The Hall–Kier alpha value is -4.00. The molecule has 5 rings (SSSR count). The van der Waals surface area contributed by atoms with Gasteiger partial charge in [0.25, 0.3) is 0 Å². The normalized spacial score (nSPS) is 11.5. The number of nitrogens with zero attached hydrogens (tertiary/aromatic N) is 4. The zero-order valence-electron chi connectivity index (χ0n) is 17.6. The lowest BCUT2D eigenvalue weighted by atomic mass is 10.0. The summed E-state index contributed by atoms with van der Waals surface area (Å²) in [6.45, 7) is 2.46. The van der Waals surface area contributed by atoms with Gasteiger partial charge in [-0.3, -0.25) is 4.68 Å². The molecular formula is C24H23N5O2. The van der Waals surface area contributed by atoms with Crippen LogP contribution in [0.1, 0.15) is 11.3 Å². The standard InChI is InChI=1S/C24H23N5O2/c1-14-11-20(28(2)27-14)17-5-4-6-18-22(25)21-19(26-23(17)18)13-29(24(21)30)12-15-7-9-16(31-3)10-8-15/h4-11,13,30H,12,25H2,1-3H3. The molecule has 7 heteroatoms. The second-order valence-corrected chi connectivity index (χ2v) is 7.71. The molecule has 0 bridgehead atoms. The Kier molecular flexibility index (Phi) is 4.32. The first-order valence-electron chi connectivity index (χ1n) is 10.00. The Labute approximate surface area is 179 Å². The van der Waals surface area contributed by atoms with Crippen molar-refractivity contribution in [3.63, 3.8) is 0 Å². The van der Waals surface area contributed by atoms with Gasteiger partial charge in [0.2, 0.25) is 5.88 Å². The topological polar surface area (TPSA) is 91.1 Å². The third-order valence-corrected chi connectivity index (χ3v) is 5.65. The number of anilines is 1. The lowest BCUT2D eigenvalue weighted by Gasteiger charge is -2.09. The van der Waals surface area contributed by atoms with E-state index in [1.165, 1.54) is 0 Å². The third-order valence-electron chi connectivity index (χ3n) is 5.65. The summed E-state index contributed by atoms with van der Waals surface area (Å²) in [5, 5.41) is 16.8. The van der Waals surface area contributed by atoms with Crippen molar-refractivity contribution in [2.24, 2.45) is 7.05 Å². The fourth-order valence-electron chi connectivity index (χ4n) is 4.13. The van der Waals surface area contributed by atoms with Crippen molar-refractivity contribution in [1.82, 2.24) is 19.3 Å². The highest BCUT2D eigenvalue weighted by Crippen LogP contribution is 2.39. The zero-order valence-corrected chi connectivity index (χ0v) is 17.6. The number of ether oxygens (including phenoxy) is 1. The minimum atomic E-state index is 0.111. The fourth-order valence-corrected chi connectivity index (χ4v) is 4.13. The molecule has 3 heterocycles. The molecule has 156 valence electrons. The van der Waals surface area contributed by atoms with E-state index in [0.29, 0.717) is 23.1 Å². The second kappa shape index (κ2) is 7.05. The predicted molar refractivity (Wildman–Crippen MR) is 122 cm³/mol. The highest BCUT2D eigenvalue weighted by Gasteiger charge is 2.18. The highest BCUT2D eigenvalue weighted by molar-refractivity contribution is 6.12. The van der Waals surface area contributed by atoms with Gasteiger partial charge in [0.1, 0.15) is 5.75 Å². The number of nitrogen functional groups attached to an aromatic ring is 1. The van der Waals surface area contributed by atoms with E-state index >= 15 is 0 Å². The minimum Gasteiger partial charge on any atom is -0.497 e. The maximum atomic E-state index is 10.9. The maximum Gasteiger partial charge on any atom is 0.203 e. The Morgan fingerprint density at radius 3 is 2.58 bits per heavy atom. The van der Waals surface area contributed by atoms with E-state index in [2.05, 4.69) is 5.10 Å². The number of nitrogens with two attached hydrogens (primary N) is 1. The number of hydrogen-bond acceptors (Lipinski definition) is 5. The van der Waals surface area contributed by atoms with Crippen LogP contribution in [-0.2, 0) is 13.6 Å². The first kappa shape index (κ1) is 19.0. The molecule has 0 atom stereocenters. The van der Waals surface area contributed by atoms with E-state index in [9.17, 15) is 5.11 Å². The van der Waals surface area contributed by atoms with Crippen molar-refractivity contribution in [2.45, 2.75) is 13.5 Å². The molecule has 0 unspecified atom stereocenters. The van der Waals surface area contributed by atoms with Gasteiger partial charge in [0, 0.05) is 24.2 Å². The molecule has 31 heavy (non-hydrogen) atoms. The van der Waals surface area contributed by atoms with E-state index in [0.717, 1.165) is 39.2 Å². The summed E-state index contributed by atoms with van der Waals surface area (Å²) in [5.41, 5.74) is 12.4. The average molecular weight is 413 g/mol. The molecule has 3 N–H and O–H groups in total. The number of rotatable bonds is 4. The molecule has 3 aromatic heterocycles. The van der Waals surface area contributed by atoms with Gasteiger partial charge in [-0.05, 0) is 30.7 Å². The molecule has 0 aliphatic rings. The van der Waals surface area contributed by atoms with Crippen LogP contribution in [0.15, 0.2) is 54.7 Å². The molecule has 0 radical (unpaired) electrons. The smallest absolute Gasteiger partial charge is 0.203 e. The molecule has 0 aliphatic carbocycles. The van der Waals surface area contributed by atoms with Crippen LogP contribution in [-0.4, -0.2) is 31.5 Å². The van der Waals surface area contributed by atoms with Crippen molar-refractivity contribution in [3.8, 4) is 22.9 Å². The number of para-hydroxylation sites is 1. The molecule has 0 aliphatic heterocycles. The monoisotopic (exact) mass is 413 g/mol. The van der Waals surface area contributed by atoms with Crippen molar-refractivity contribution < 1.29 is 9.84 Å². The van der Waals surface area contributed by atoms with Gasteiger partial charge in [-0.25, -0.2) is 4.98 Å². The molecule has 0 spiro atoms. The number of aryl methyl sites for hydroxylation is 2. The van der Waals surface area contributed by atoms with Crippen molar-refractivity contribution in [2.75, 3.05) is 12.8 Å². The molecule has 0 saturated heterocycles. The summed E-state index contributed by atoms with van der Waals surface area (Å²) in [6, 6.07) is 15.7. The maximum absolute atomic E-state index is 10.9. The molecular weight excluding hydrogens is 390 g/mol. The summed E-state index contributed by atoms with van der Waals surface area (Å²) in [4.78, 5) is 4.89. The summed E-state index contributed by atoms with van der Waals surface area (Å²) in [7, 11) is 3.56. The molecule has 0 saturated carbocycles. The van der Waals surface area contributed by atoms with Crippen molar-refractivity contribution in [3.05, 3.63) is 66.0 Å². The van der Waals surface area contributed by atoms with Crippen LogP contribution in [0.4, 0.5) is 5.69 Å².